The summed E-state index contributed by atoms with van der Waals surface area (Å²) >= 11 is 6.21. The Bertz CT molecular complexity index is 829. The summed E-state index contributed by atoms with van der Waals surface area (Å²) in [6.07, 6.45) is 0. The number of ether oxygens (including phenoxy) is 1. The molecule has 0 saturated carbocycles. The number of hydrogen-bond acceptors (Lipinski definition) is 3. The highest BCUT2D eigenvalue weighted by atomic mass is 35.5. The molecule has 1 aliphatic heterocycles. The lowest BCUT2D eigenvalue weighted by atomic mass is 10.0. The van der Waals surface area contributed by atoms with E-state index in [0.717, 1.165) is 48.0 Å². The van der Waals surface area contributed by atoms with Gasteiger partial charge in [0.05, 0.1) is 18.7 Å². The van der Waals surface area contributed by atoms with Crippen LogP contribution in [0.25, 0.3) is 22.0 Å². The molecular weight excluding hydrogens is 308 g/mol. The van der Waals surface area contributed by atoms with Crippen molar-refractivity contribution in [2.45, 2.75) is 0 Å². The van der Waals surface area contributed by atoms with Gasteiger partial charge in [-0.3, -0.25) is 0 Å². The van der Waals surface area contributed by atoms with E-state index in [9.17, 15) is 0 Å². The fourth-order valence-electron chi connectivity index (χ4n) is 3.00. The number of nitrogens with zero attached hydrogens (tertiary/aromatic N) is 2. The van der Waals surface area contributed by atoms with Gasteiger partial charge in [0.1, 0.15) is 5.82 Å². The standard InChI is InChI=1S/C19H17ClN2O/c20-15-6-7-18-17(12-15)16(14-4-2-1-3-5-14)13-19(21-18)22-8-10-23-11-9-22/h1-7,12-13H,8-11H2. The van der Waals surface area contributed by atoms with Gasteiger partial charge in [0.25, 0.3) is 0 Å². The Balaban J connectivity index is 1.91. The van der Waals surface area contributed by atoms with Gasteiger partial charge in [-0.1, -0.05) is 41.9 Å². The Labute approximate surface area is 140 Å². The van der Waals surface area contributed by atoms with Crippen molar-refractivity contribution in [2.75, 3.05) is 31.2 Å². The third kappa shape index (κ3) is 2.90. The Morgan fingerprint density at radius 3 is 2.52 bits per heavy atom. The van der Waals surface area contributed by atoms with Crippen LogP contribution in [0.5, 0.6) is 0 Å². The molecule has 23 heavy (non-hydrogen) atoms. The zero-order valence-electron chi connectivity index (χ0n) is 12.7. The maximum atomic E-state index is 6.21. The van der Waals surface area contributed by atoms with Crippen LogP contribution in [0.1, 0.15) is 0 Å². The SMILES string of the molecule is Clc1ccc2nc(N3CCOCC3)cc(-c3ccccc3)c2c1. The van der Waals surface area contributed by atoms with Crippen LogP contribution in [-0.2, 0) is 4.74 Å². The van der Waals surface area contributed by atoms with Crippen molar-refractivity contribution in [3.8, 4) is 11.1 Å². The van der Waals surface area contributed by atoms with Crippen molar-refractivity contribution in [1.82, 2.24) is 4.98 Å². The number of halogens is 1. The minimum atomic E-state index is 0.732. The quantitative estimate of drug-likeness (QED) is 0.699. The molecule has 4 heteroatoms. The van der Waals surface area contributed by atoms with E-state index >= 15 is 0 Å². The van der Waals surface area contributed by atoms with Gasteiger partial charge >= 0.3 is 0 Å². The predicted molar refractivity (Wildman–Crippen MR) is 95.2 cm³/mol. The number of morpholine rings is 1. The van der Waals surface area contributed by atoms with Gasteiger partial charge in [-0.15, -0.1) is 0 Å². The first-order valence-corrected chi connectivity index (χ1v) is 8.17. The lowest BCUT2D eigenvalue weighted by Gasteiger charge is -2.28. The molecule has 2 aromatic carbocycles. The Morgan fingerprint density at radius 2 is 1.74 bits per heavy atom. The number of aromatic nitrogens is 1. The molecule has 0 amide bonds. The van der Waals surface area contributed by atoms with Gasteiger partial charge in [0, 0.05) is 23.5 Å². The molecule has 2 heterocycles. The van der Waals surface area contributed by atoms with Crippen molar-refractivity contribution < 1.29 is 4.74 Å². The average Bonchev–Trinajstić information content (AvgIpc) is 2.62. The molecule has 0 aliphatic carbocycles. The smallest absolute Gasteiger partial charge is 0.130 e. The highest BCUT2D eigenvalue weighted by Crippen LogP contribution is 2.33. The zero-order chi connectivity index (χ0) is 15.6. The van der Waals surface area contributed by atoms with E-state index in [4.69, 9.17) is 21.3 Å². The maximum Gasteiger partial charge on any atom is 0.130 e. The summed E-state index contributed by atoms with van der Waals surface area (Å²) < 4.78 is 5.45. The average molecular weight is 325 g/mol. The first-order chi connectivity index (χ1) is 11.3. The van der Waals surface area contributed by atoms with Crippen molar-refractivity contribution in [3.63, 3.8) is 0 Å². The number of benzene rings is 2. The number of hydrogen-bond donors (Lipinski definition) is 0. The lowest BCUT2D eigenvalue weighted by molar-refractivity contribution is 0.122. The molecule has 116 valence electrons. The summed E-state index contributed by atoms with van der Waals surface area (Å²) in [6.45, 7) is 3.25. The van der Waals surface area contributed by atoms with Crippen molar-refractivity contribution in [1.29, 1.82) is 0 Å². The van der Waals surface area contributed by atoms with Crippen LogP contribution >= 0.6 is 11.6 Å². The molecule has 0 spiro atoms. The third-order valence-electron chi connectivity index (χ3n) is 4.18. The lowest BCUT2D eigenvalue weighted by Crippen LogP contribution is -2.36. The van der Waals surface area contributed by atoms with Crippen LogP contribution < -0.4 is 4.90 Å². The molecule has 1 fully saturated rings. The first-order valence-electron chi connectivity index (χ1n) is 7.80. The summed E-state index contributed by atoms with van der Waals surface area (Å²) in [5.74, 6) is 1.00. The van der Waals surface area contributed by atoms with E-state index < -0.39 is 0 Å². The topological polar surface area (TPSA) is 25.4 Å². The summed E-state index contributed by atoms with van der Waals surface area (Å²) in [5, 5.41) is 1.82. The third-order valence-corrected chi connectivity index (χ3v) is 4.41. The van der Waals surface area contributed by atoms with E-state index in [1.54, 1.807) is 0 Å². The molecule has 0 bridgehead atoms. The molecule has 1 aromatic heterocycles. The summed E-state index contributed by atoms with van der Waals surface area (Å²) in [6, 6.07) is 18.4. The second-order valence-electron chi connectivity index (χ2n) is 5.65. The van der Waals surface area contributed by atoms with Crippen LogP contribution in [0, 0.1) is 0 Å². The Morgan fingerprint density at radius 1 is 0.957 bits per heavy atom. The molecule has 0 radical (unpaired) electrons. The molecule has 0 N–H and O–H groups in total. The largest absolute Gasteiger partial charge is 0.378 e. The van der Waals surface area contributed by atoms with E-state index in [1.807, 2.05) is 24.3 Å². The Hall–Kier alpha value is -2.10. The van der Waals surface area contributed by atoms with Gasteiger partial charge in [-0.05, 0) is 35.4 Å². The summed E-state index contributed by atoms with van der Waals surface area (Å²) in [5.41, 5.74) is 3.31. The normalized spacial score (nSPS) is 15.1. The molecular formula is C19H17ClN2O. The van der Waals surface area contributed by atoms with E-state index in [-0.39, 0.29) is 0 Å². The van der Waals surface area contributed by atoms with Crippen molar-refractivity contribution in [3.05, 3.63) is 59.6 Å². The fraction of sp³-hybridized carbons (Fsp3) is 0.211. The highest BCUT2D eigenvalue weighted by molar-refractivity contribution is 6.31. The van der Waals surface area contributed by atoms with Gasteiger partial charge in [-0.25, -0.2) is 4.98 Å². The highest BCUT2D eigenvalue weighted by Gasteiger charge is 2.15. The number of rotatable bonds is 2. The summed E-state index contributed by atoms with van der Waals surface area (Å²) in [4.78, 5) is 7.12. The van der Waals surface area contributed by atoms with Crippen LogP contribution in [0.2, 0.25) is 5.02 Å². The van der Waals surface area contributed by atoms with Gasteiger partial charge in [-0.2, -0.15) is 0 Å². The predicted octanol–water partition coefficient (Wildman–Crippen LogP) is 4.39. The fourth-order valence-corrected chi connectivity index (χ4v) is 3.17. The molecule has 4 rings (SSSR count). The second kappa shape index (κ2) is 6.19. The molecule has 1 saturated heterocycles. The number of fused-ring (bicyclic) bond motifs is 1. The van der Waals surface area contributed by atoms with E-state index in [0.29, 0.717) is 0 Å². The number of pyridine rings is 1. The van der Waals surface area contributed by atoms with Gasteiger partial charge < -0.3 is 9.64 Å². The van der Waals surface area contributed by atoms with Crippen LogP contribution in [0.15, 0.2) is 54.6 Å². The van der Waals surface area contributed by atoms with Gasteiger partial charge in [0.15, 0.2) is 0 Å². The first kappa shape index (κ1) is 14.5. The van der Waals surface area contributed by atoms with Crippen LogP contribution in [-0.4, -0.2) is 31.3 Å². The maximum absolute atomic E-state index is 6.21. The van der Waals surface area contributed by atoms with Crippen molar-refractivity contribution in [2.24, 2.45) is 0 Å². The molecule has 1 aliphatic rings. The van der Waals surface area contributed by atoms with E-state index in [2.05, 4.69) is 35.2 Å². The second-order valence-corrected chi connectivity index (χ2v) is 6.09. The zero-order valence-corrected chi connectivity index (χ0v) is 13.5. The van der Waals surface area contributed by atoms with Crippen LogP contribution in [0.3, 0.4) is 0 Å². The minimum Gasteiger partial charge on any atom is -0.378 e. The Kier molecular flexibility index (Phi) is 3.90. The molecule has 3 aromatic rings. The minimum absolute atomic E-state index is 0.732. The monoisotopic (exact) mass is 324 g/mol. The number of anilines is 1. The van der Waals surface area contributed by atoms with Crippen molar-refractivity contribution >= 4 is 28.3 Å². The molecule has 3 nitrogen and oxygen atoms in total. The van der Waals surface area contributed by atoms with Gasteiger partial charge in [0.2, 0.25) is 0 Å². The van der Waals surface area contributed by atoms with E-state index in [1.165, 1.54) is 11.1 Å². The van der Waals surface area contributed by atoms with Crippen LogP contribution in [0.4, 0.5) is 5.82 Å². The molecule has 0 atom stereocenters. The summed E-state index contributed by atoms with van der Waals surface area (Å²) in [7, 11) is 0. The molecule has 0 unspecified atom stereocenters.